The van der Waals surface area contributed by atoms with Crippen LogP contribution in [-0.4, -0.2) is 43.1 Å². The van der Waals surface area contributed by atoms with Gasteiger partial charge in [0.2, 0.25) is 0 Å². The molecule has 1 fully saturated rings. The molecular formula is C13H13FN4O3. The fraction of sp³-hybridized carbons (Fsp3) is 0.385. The Labute approximate surface area is 119 Å². The van der Waals surface area contributed by atoms with E-state index in [9.17, 15) is 14.6 Å². The van der Waals surface area contributed by atoms with Crippen molar-refractivity contribution in [2.45, 2.75) is 24.4 Å². The topological polar surface area (TPSA) is 106 Å². The summed E-state index contributed by atoms with van der Waals surface area (Å²) in [6.07, 6.45) is 4.39. The van der Waals surface area contributed by atoms with Crippen molar-refractivity contribution in [1.29, 1.82) is 0 Å². The molecule has 1 aliphatic heterocycles. The van der Waals surface area contributed by atoms with Crippen LogP contribution in [0.25, 0.3) is 11.0 Å². The third-order valence-electron chi connectivity index (χ3n) is 3.67. The number of anilines is 1. The summed E-state index contributed by atoms with van der Waals surface area (Å²) in [6, 6.07) is 1.62. The Balaban J connectivity index is 2.05. The number of aromatic nitrogens is 3. The highest BCUT2D eigenvalue weighted by Gasteiger charge is 2.47. The van der Waals surface area contributed by atoms with Gasteiger partial charge in [-0.15, -0.1) is 6.42 Å². The summed E-state index contributed by atoms with van der Waals surface area (Å²) >= 11 is 0. The molecule has 8 heteroatoms. The number of hydrogen-bond donors (Lipinski definition) is 3. The molecule has 0 aromatic carbocycles. The molecule has 3 heterocycles. The molecule has 0 amide bonds. The Morgan fingerprint density at radius 1 is 1.62 bits per heavy atom. The summed E-state index contributed by atoms with van der Waals surface area (Å²) in [5.41, 5.74) is 4.40. The van der Waals surface area contributed by atoms with Crippen LogP contribution in [-0.2, 0) is 4.74 Å². The van der Waals surface area contributed by atoms with Gasteiger partial charge in [-0.3, -0.25) is 0 Å². The van der Waals surface area contributed by atoms with Gasteiger partial charge in [-0.2, -0.15) is 14.4 Å². The summed E-state index contributed by atoms with van der Waals surface area (Å²) < 4.78 is 20.4. The first-order chi connectivity index (χ1) is 10.0. The fourth-order valence-electron chi connectivity index (χ4n) is 2.50. The maximum absolute atomic E-state index is 13.3. The van der Waals surface area contributed by atoms with Crippen molar-refractivity contribution in [1.82, 2.24) is 14.5 Å². The number of rotatable bonds is 2. The summed E-state index contributed by atoms with van der Waals surface area (Å²) in [7, 11) is 0. The van der Waals surface area contributed by atoms with Crippen molar-refractivity contribution in [3.05, 3.63) is 18.3 Å². The predicted octanol–water partition coefficient (Wildman–Crippen LogP) is -0.203. The monoisotopic (exact) mass is 292 g/mol. The maximum atomic E-state index is 13.3. The van der Waals surface area contributed by atoms with E-state index in [4.69, 9.17) is 16.9 Å². The van der Waals surface area contributed by atoms with Crippen LogP contribution < -0.4 is 5.73 Å². The van der Waals surface area contributed by atoms with Gasteiger partial charge in [0.15, 0.2) is 11.2 Å². The van der Waals surface area contributed by atoms with Gasteiger partial charge in [-0.25, -0.2) is 0 Å². The van der Waals surface area contributed by atoms with E-state index >= 15 is 0 Å². The Hall–Kier alpha value is -2.21. The van der Waals surface area contributed by atoms with E-state index in [0.717, 1.165) is 0 Å². The Morgan fingerprint density at radius 3 is 3.00 bits per heavy atom. The molecule has 0 radical (unpaired) electrons. The van der Waals surface area contributed by atoms with Crippen LogP contribution in [0.1, 0.15) is 12.6 Å². The van der Waals surface area contributed by atoms with E-state index in [-0.39, 0.29) is 17.9 Å². The molecule has 4 N–H and O–H groups in total. The van der Waals surface area contributed by atoms with Crippen LogP contribution in [0.3, 0.4) is 0 Å². The van der Waals surface area contributed by atoms with Crippen LogP contribution in [0.4, 0.5) is 10.2 Å². The normalized spacial score (nSPS) is 28.9. The van der Waals surface area contributed by atoms with Crippen LogP contribution >= 0.6 is 0 Å². The number of aliphatic hydroxyl groups excluding tert-OH is 2. The number of fused-ring (bicyclic) bond motifs is 1. The lowest BCUT2D eigenvalue weighted by Gasteiger charge is -2.23. The second-order valence-electron chi connectivity index (χ2n) is 4.85. The average Bonchev–Trinajstić information content (AvgIpc) is 3.00. The third kappa shape index (κ3) is 1.94. The van der Waals surface area contributed by atoms with Gasteiger partial charge in [0.25, 0.3) is 0 Å². The number of aliphatic hydroxyl groups is 2. The lowest BCUT2D eigenvalue weighted by atomic mass is 9.99. The molecule has 2 aromatic heterocycles. The first kappa shape index (κ1) is 13.8. The van der Waals surface area contributed by atoms with E-state index in [2.05, 4.69) is 15.9 Å². The Morgan fingerprint density at radius 2 is 2.38 bits per heavy atom. The summed E-state index contributed by atoms with van der Waals surface area (Å²) in [5, 5.41) is 19.8. The van der Waals surface area contributed by atoms with E-state index in [1.54, 1.807) is 12.3 Å². The molecule has 21 heavy (non-hydrogen) atoms. The highest BCUT2D eigenvalue weighted by atomic mass is 19.1. The van der Waals surface area contributed by atoms with Gasteiger partial charge in [-0.1, -0.05) is 5.92 Å². The standard InChI is InChI=1S/C13H13FN4O3/c1-2-13(6-19)8(20)5-9(21-13)18-4-3-7-10(15)16-12(14)17-11(7)18/h1,3-4,8-9,19-20H,5-6H2,(H2,15,16,17). The highest BCUT2D eigenvalue weighted by Crippen LogP contribution is 2.38. The van der Waals surface area contributed by atoms with Crippen molar-refractivity contribution >= 4 is 16.9 Å². The molecule has 3 unspecified atom stereocenters. The SMILES string of the molecule is C#CC1(CO)OC(n2ccc3c(N)nc(F)nc32)CC1O. The predicted molar refractivity (Wildman–Crippen MR) is 71.3 cm³/mol. The van der Waals surface area contributed by atoms with Crippen molar-refractivity contribution in [2.75, 3.05) is 12.3 Å². The minimum absolute atomic E-state index is 0.0140. The molecule has 7 nitrogen and oxygen atoms in total. The van der Waals surface area contributed by atoms with Crippen LogP contribution in [0.15, 0.2) is 12.3 Å². The number of hydrogen-bond acceptors (Lipinski definition) is 6. The largest absolute Gasteiger partial charge is 0.392 e. The second kappa shape index (κ2) is 4.66. The molecule has 0 spiro atoms. The van der Waals surface area contributed by atoms with Crippen LogP contribution in [0, 0.1) is 18.4 Å². The van der Waals surface area contributed by atoms with Gasteiger partial charge >= 0.3 is 6.08 Å². The first-order valence-corrected chi connectivity index (χ1v) is 6.25. The molecule has 2 aromatic rings. The zero-order chi connectivity index (χ0) is 15.2. The van der Waals surface area contributed by atoms with E-state index < -0.39 is 30.6 Å². The number of terminal acetylenes is 1. The lowest BCUT2D eigenvalue weighted by molar-refractivity contribution is -0.0890. The van der Waals surface area contributed by atoms with E-state index in [1.165, 1.54) is 4.57 Å². The van der Waals surface area contributed by atoms with Gasteiger partial charge in [0, 0.05) is 12.6 Å². The fourth-order valence-corrected chi connectivity index (χ4v) is 2.50. The van der Waals surface area contributed by atoms with Crippen molar-refractivity contribution in [3.8, 4) is 12.3 Å². The quantitative estimate of drug-likeness (QED) is 0.522. The molecule has 3 rings (SSSR count). The van der Waals surface area contributed by atoms with Gasteiger partial charge in [0.05, 0.1) is 12.0 Å². The van der Waals surface area contributed by atoms with Crippen molar-refractivity contribution in [3.63, 3.8) is 0 Å². The number of nitrogen functional groups attached to an aromatic ring is 1. The lowest BCUT2D eigenvalue weighted by Crippen LogP contribution is -2.41. The molecule has 110 valence electrons. The number of ether oxygens (including phenoxy) is 1. The van der Waals surface area contributed by atoms with Gasteiger partial charge in [-0.05, 0) is 6.07 Å². The zero-order valence-corrected chi connectivity index (χ0v) is 10.9. The molecule has 0 bridgehead atoms. The number of nitrogens with two attached hydrogens (primary N) is 1. The minimum Gasteiger partial charge on any atom is -0.392 e. The molecule has 1 saturated heterocycles. The highest BCUT2D eigenvalue weighted by molar-refractivity contribution is 5.86. The van der Waals surface area contributed by atoms with Crippen molar-refractivity contribution in [2.24, 2.45) is 0 Å². The summed E-state index contributed by atoms with van der Waals surface area (Å²) in [5.74, 6) is 2.29. The van der Waals surface area contributed by atoms with Crippen LogP contribution in [0.2, 0.25) is 0 Å². The number of halogens is 1. The Bertz CT molecular complexity index is 741. The number of nitrogens with zero attached hydrogens (tertiary/aromatic N) is 3. The molecule has 1 aliphatic rings. The van der Waals surface area contributed by atoms with Crippen LogP contribution in [0.5, 0.6) is 0 Å². The minimum atomic E-state index is -1.47. The second-order valence-corrected chi connectivity index (χ2v) is 4.85. The van der Waals surface area contributed by atoms with Crippen molar-refractivity contribution < 1.29 is 19.3 Å². The van der Waals surface area contributed by atoms with E-state index in [1.807, 2.05) is 0 Å². The Kier molecular flexibility index (Phi) is 3.06. The molecule has 0 aliphatic carbocycles. The zero-order valence-electron chi connectivity index (χ0n) is 10.9. The smallest absolute Gasteiger partial charge is 0.312 e. The third-order valence-corrected chi connectivity index (χ3v) is 3.67. The molecular weight excluding hydrogens is 279 g/mol. The average molecular weight is 292 g/mol. The van der Waals surface area contributed by atoms with E-state index in [0.29, 0.717) is 5.39 Å². The maximum Gasteiger partial charge on any atom is 0.312 e. The molecule has 3 atom stereocenters. The van der Waals surface area contributed by atoms with Gasteiger partial charge in [0.1, 0.15) is 18.1 Å². The molecule has 0 saturated carbocycles. The summed E-state index contributed by atoms with van der Waals surface area (Å²) in [6.45, 7) is -0.522. The van der Waals surface area contributed by atoms with Gasteiger partial charge < -0.3 is 25.3 Å². The summed E-state index contributed by atoms with van der Waals surface area (Å²) in [4.78, 5) is 7.14. The first-order valence-electron chi connectivity index (χ1n) is 6.25.